The van der Waals surface area contributed by atoms with Crippen molar-refractivity contribution in [2.45, 2.75) is 26.8 Å². The molecule has 0 atom stereocenters. The zero-order valence-corrected chi connectivity index (χ0v) is 20.1. The van der Waals surface area contributed by atoms with Crippen LogP contribution in [0.25, 0.3) is 22.3 Å². The molecule has 0 fully saturated rings. The van der Waals surface area contributed by atoms with Crippen molar-refractivity contribution in [3.63, 3.8) is 0 Å². The average molecular weight is 462 g/mol. The van der Waals surface area contributed by atoms with Crippen LogP contribution in [0.15, 0.2) is 58.1 Å². The molecule has 0 bridgehead atoms. The van der Waals surface area contributed by atoms with Gasteiger partial charge in [-0.3, -0.25) is 18.5 Å². The Hall–Kier alpha value is -3.65. The predicted octanol–water partition coefficient (Wildman–Crippen LogP) is 2.75. The molecule has 0 aliphatic heterocycles. The van der Waals surface area contributed by atoms with Crippen LogP contribution in [0.4, 0.5) is 5.95 Å². The van der Waals surface area contributed by atoms with Crippen molar-refractivity contribution < 1.29 is 5.11 Å². The van der Waals surface area contributed by atoms with E-state index < -0.39 is 11.2 Å². The standard InChI is InChI=1S/C26H31N5O3/c1-17(2)15-18-5-9-20(10-6-18)21-11-7-19(8-12-21)16-31-22-23(28-25(31)27-13-14-32)29(3)26(34)30(4)24(22)33/h5-12,17,32H,13-16H2,1-4H3,(H,27,28). The van der Waals surface area contributed by atoms with Crippen LogP contribution in [0, 0.1) is 5.92 Å². The third-order valence-corrected chi connectivity index (χ3v) is 5.97. The van der Waals surface area contributed by atoms with Gasteiger partial charge in [-0.15, -0.1) is 0 Å². The van der Waals surface area contributed by atoms with Gasteiger partial charge in [-0.25, -0.2) is 4.79 Å². The molecule has 0 saturated carbocycles. The highest BCUT2D eigenvalue weighted by atomic mass is 16.3. The van der Waals surface area contributed by atoms with Crippen LogP contribution >= 0.6 is 0 Å². The van der Waals surface area contributed by atoms with E-state index in [0.29, 0.717) is 29.6 Å². The predicted molar refractivity (Wildman–Crippen MR) is 135 cm³/mol. The van der Waals surface area contributed by atoms with Crippen LogP contribution in [-0.4, -0.2) is 36.9 Å². The van der Waals surface area contributed by atoms with Crippen LogP contribution in [0.2, 0.25) is 0 Å². The minimum atomic E-state index is -0.431. The molecule has 2 aromatic carbocycles. The molecule has 0 spiro atoms. The number of hydrogen-bond donors (Lipinski definition) is 2. The number of imidazole rings is 1. The van der Waals surface area contributed by atoms with Gasteiger partial charge in [0.15, 0.2) is 11.2 Å². The van der Waals surface area contributed by atoms with Gasteiger partial charge in [-0.05, 0) is 34.6 Å². The Balaban J connectivity index is 1.68. The highest BCUT2D eigenvalue weighted by Crippen LogP contribution is 2.23. The first-order chi connectivity index (χ1) is 16.3. The van der Waals surface area contributed by atoms with Crippen molar-refractivity contribution in [3.05, 3.63) is 80.5 Å². The fourth-order valence-corrected chi connectivity index (χ4v) is 4.19. The summed E-state index contributed by atoms with van der Waals surface area (Å²) in [5.41, 5.74) is 4.42. The Bertz CT molecular complexity index is 1410. The van der Waals surface area contributed by atoms with Gasteiger partial charge in [0.1, 0.15) is 0 Å². The molecule has 0 saturated heterocycles. The lowest BCUT2D eigenvalue weighted by Crippen LogP contribution is -2.37. The average Bonchev–Trinajstić information content (AvgIpc) is 3.19. The maximum Gasteiger partial charge on any atom is 0.332 e. The summed E-state index contributed by atoms with van der Waals surface area (Å²) in [7, 11) is 3.06. The summed E-state index contributed by atoms with van der Waals surface area (Å²) in [4.78, 5) is 29.8. The molecule has 0 aliphatic carbocycles. The lowest BCUT2D eigenvalue weighted by Gasteiger charge is -2.11. The number of aliphatic hydroxyl groups excluding tert-OH is 1. The second-order valence-electron chi connectivity index (χ2n) is 9.04. The Morgan fingerprint density at radius 2 is 1.50 bits per heavy atom. The lowest BCUT2D eigenvalue weighted by molar-refractivity contribution is 0.310. The van der Waals surface area contributed by atoms with E-state index in [4.69, 9.17) is 0 Å². The summed E-state index contributed by atoms with van der Waals surface area (Å²) in [6, 6.07) is 16.9. The van der Waals surface area contributed by atoms with Gasteiger partial charge in [-0.2, -0.15) is 4.98 Å². The van der Waals surface area contributed by atoms with E-state index in [2.05, 4.69) is 60.5 Å². The SMILES string of the molecule is CC(C)Cc1ccc(-c2ccc(Cn3c(NCCO)nc4c3c(=O)n(C)c(=O)n4C)cc2)cc1. The molecule has 8 nitrogen and oxygen atoms in total. The summed E-state index contributed by atoms with van der Waals surface area (Å²) in [6.45, 7) is 5.03. The van der Waals surface area contributed by atoms with Gasteiger partial charge in [0.2, 0.25) is 5.95 Å². The van der Waals surface area contributed by atoms with E-state index in [1.807, 2.05) is 12.1 Å². The van der Waals surface area contributed by atoms with Gasteiger partial charge < -0.3 is 10.4 Å². The molecule has 34 heavy (non-hydrogen) atoms. The Labute approximate surface area is 198 Å². The first-order valence-electron chi connectivity index (χ1n) is 11.5. The molecule has 2 heterocycles. The maximum atomic E-state index is 12.9. The molecule has 178 valence electrons. The topological polar surface area (TPSA) is 94.1 Å². The summed E-state index contributed by atoms with van der Waals surface area (Å²) in [6.07, 6.45) is 1.07. The third-order valence-electron chi connectivity index (χ3n) is 5.97. The number of aromatic nitrogens is 4. The first-order valence-corrected chi connectivity index (χ1v) is 11.5. The molecule has 8 heteroatoms. The Morgan fingerprint density at radius 1 is 0.912 bits per heavy atom. The van der Waals surface area contributed by atoms with Crippen molar-refractivity contribution in [2.24, 2.45) is 20.0 Å². The summed E-state index contributed by atoms with van der Waals surface area (Å²) in [5, 5.41) is 12.3. The second kappa shape index (κ2) is 9.69. The van der Waals surface area contributed by atoms with Gasteiger partial charge in [0, 0.05) is 20.6 Å². The summed E-state index contributed by atoms with van der Waals surface area (Å²) >= 11 is 0. The van der Waals surface area contributed by atoms with Crippen LogP contribution < -0.4 is 16.6 Å². The lowest BCUT2D eigenvalue weighted by atomic mass is 9.98. The van der Waals surface area contributed by atoms with E-state index in [9.17, 15) is 14.7 Å². The normalized spacial score (nSPS) is 11.5. The Morgan fingerprint density at radius 3 is 2.06 bits per heavy atom. The van der Waals surface area contributed by atoms with E-state index in [0.717, 1.165) is 27.7 Å². The zero-order chi connectivity index (χ0) is 24.4. The highest BCUT2D eigenvalue weighted by molar-refractivity contribution is 5.74. The number of aryl methyl sites for hydroxylation is 1. The minimum Gasteiger partial charge on any atom is -0.395 e. The molecule has 2 aromatic heterocycles. The van der Waals surface area contributed by atoms with Crippen molar-refractivity contribution in [1.82, 2.24) is 18.7 Å². The number of anilines is 1. The molecular formula is C26H31N5O3. The van der Waals surface area contributed by atoms with Crippen LogP contribution in [0.3, 0.4) is 0 Å². The van der Waals surface area contributed by atoms with Crippen LogP contribution in [0.1, 0.15) is 25.0 Å². The number of benzene rings is 2. The first kappa shape index (κ1) is 23.5. The highest BCUT2D eigenvalue weighted by Gasteiger charge is 2.19. The van der Waals surface area contributed by atoms with Crippen LogP contribution in [-0.2, 0) is 27.1 Å². The molecule has 4 rings (SSSR count). The number of nitrogens with one attached hydrogen (secondary N) is 1. The largest absolute Gasteiger partial charge is 0.395 e. The summed E-state index contributed by atoms with van der Waals surface area (Å²) < 4.78 is 4.22. The number of rotatable bonds is 8. The molecule has 4 aromatic rings. The van der Waals surface area contributed by atoms with Crippen LogP contribution in [0.5, 0.6) is 0 Å². The zero-order valence-electron chi connectivity index (χ0n) is 20.1. The van der Waals surface area contributed by atoms with Gasteiger partial charge >= 0.3 is 5.69 Å². The molecule has 0 aliphatic rings. The quantitative estimate of drug-likeness (QED) is 0.421. The number of fused-ring (bicyclic) bond motifs is 1. The van der Waals surface area contributed by atoms with Gasteiger partial charge in [0.05, 0.1) is 13.2 Å². The van der Waals surface area contributed by atoms with Gasteiger partial charge in [-0.1, -0.05) is 62.4 Å². The third kappa shape index (κ3) is 4.54. The molecule has 0 radical (unpaired) electrons. The van der Waals surface area contributed by atoms with E-state index in [-0.39, 0.29) is 13.2 Å². The second-order valence-corrected chi connectivity index (χ2v) is 9.04. The number of hydrogen-bond acceptors (Lipinski definition) is 5. The van der Waals surface area contributed by atoms with Crippen molar-refractivity contribution in [1.29, 1.82) is 0 Å². The van der Waals surface area contributed by atoms with E-state index in [1.165, 1.54) is 17.2 Å². The molecule has 0 amide bonds. The van der Waals surface area contributed by atoms with E-state index >= 15 is 0 Å². The monoisotopic (exact) mass is 461 g/mol. The Kier molecular flexibility index (Phi) is 6.70. The molecule has 2 N–H and O–H groups in total. The summed E-state index contributed by atoms with van der Waals surface area (Å²) in [5.74, 6) is 1.06. The molecule has 0 unspecified atom stereocenters. The minimum absolute atomic E-state index is 0.0786. The van der Waals surface area contributed by atoms with E-state index in [1.54, 1.807) is 11.6 Å². The smallest absolute Gasteiger partial charge is 0.332 e. The fraction of sp³-hybridized carbons (Fsp3) is 0.346. The molecular weight excluding hydrogens is 430 g/mol. The number of nitrogens with zero attached hydrogens (tertiary/aromatic N) is 4. The maximum absolute atomic E-state index is 12.9. The van der Waals surface area contributed by atoms with Crippen molar-refractivity contribution in [2.75, 3.05) is 18.5 Å². The van der Waals surface area contributed by atoms with Crippen molar-refractivity contribution >= 4 is 17.1 Å². The van der Waals surface area contributed by atoms with Gasteiger partial charge in [0.25, 0.3) is 5.56 Å². The number of aliphatic hydroxyl groups is 1. The fourth-order valence-electron chi connectivity index (χ4n) is 4.19. The van der Waals surface area contributed by atoms with Crippen molar-refractivity contribution in [3.8, 4) is 11.1 Å².